The van der Waals surface area contributed by atoms with E-state index in [2.05, 4.69) is 20.6 Å². The lowest BCUT2D eigenvalue weighted by Crippen LogP contribution is -2.57. The average Bonchev–Trinajstić information content (AvgIpc) is 3.15. The van der Waals surface area contributed by atoms with E-state index in [4.69, 9.17) is 0 Å². The molecule has 0 bridgehead atoms. The second kappa shape index (κ2) is 7.91. The number of rotatable bonds is 4. The summed E-state index contributed by atoms with van der Waals surface area (Å²) in [5.41, 5.74) is 1.19. The Morgan fingerprint density at radius 3 is 2.56 bits per heavy atom. The predicted molar refractivity (Wildman–Crippen MR) is 115 cm³/mol. The van der Waals surface area contributed by atoms with Gasteiger partial charge >= 0.3 is 6.18 Å². The fraction of sp³-hybridized carbons (Fsp3) is 0.500. The summed E-state index contributed by atoms with van der Waals surface area (Å²) in [4.78, 5) is 36.5. The number of amides is 2. The molecule has 12 heteroatoms. The van der Waals surface area contributed by atoms with Gasteiger partial charge in [0.25, 0.3) is 5.91 Å². The van der Waals surface area contributed by atoms with Gasteiger partial charge in [0.15, 0.2) is 5.82 Å². The number of carbonyl (C=O) groups is 2. The molecule has 0 aromatic carbocycles. The van der Waals surface area contributed by atoms with Crippen LogP contribution >= 0.6 is 11.3 Å². The molecule has 2 aromatic heterocycles. The van der Waals surface area contributed by atoms with Crippen molar-refractivity contribution < 1.29 is 22.8 Å². The fourth-order valence-electron chi connectivity index (χ4n) is 3.96. The van der Waals surface area contributed by atoms with Crippen LogP contribution in [0, 0.1) is 12.8 Å². The lowest BCUT2D eigenvalue weighted by molar-refractivity contribution is -0.134. The number of hydrogen-bond acceptors (Lipinski definition) is 7. The third kappa shape index (κ3) is 3.98. The Morgan fingerprint density at radius 1 is 1.28 bits per heavy atom. The zero-order chi connectivity index (χ0) is 23.4. The van der Waals surface area contributed by atoms with Gasteiger partial charge < -0.3 is 20.4 Å². The Bertz CT molecular complexity index is 1060. The Hall–Kier alpha value is -2.89. The lowest BCUT2D eigenvalue weighted by atomic mass is 9.99. The van der Waals surface area contributed by atoms with E-state index in [-0.39, 0.29) is 28.8 Å². The van der Waals surface area contributed by atoms with Gasteiger partial charge in [0.05, 0.1) is 16.6 Å². The van der Waals surface area contributed by atoms with E-state index in [1.165, 1.54) is 11.0 Å². The number of aromatic nitrogens is 2. The fourth-order valence-corrected chi connectivity index (χ4v) is 4.80. The molecule has 2 aromatic rings. The minimum atomic E-state index is -4.45. The number of fused-ring (bicyclic) bond motifs is 1. The molecule has 172 valence electrons. The molecule has 1 saturated heterocycles. The lowest BCUT2D eigenvalue weighted by Gasteiger charge is -2.40. The first-order chi connectivity index (χ1) is 15.0. The van der Waals surface area contributed by atoms with E-state index in [0.29, 0.717) is 47.6 Å². The van der Waals surface area contributed by atoms with Crippen LogP contribution < -0.4 is 15.5 Å². The monoisotopic (exact) mass is 468 g/mol. The van der Waals surface area contributed by atoms with Crippen LogP contribution in [0.15, 0.2) is 12.1 Å². The first-order valence-electron chi connectivity index (χ1n) is 10.1. The van der Waals surface area contributed by atoms with E-state index >= 15 is 0 Å². The summed E-state index contributed by atoms with van der Waals surface area (Å²) in [7, 11) is 1.82. The summed E-state index contributed by atoms with van der Waals surface area (Å²) < 4.78 is 38.3. The minimum absolute atomic E-state index is 0.0637. The molecule has 2 amide bonds. The molecule has 1 atom stereocenters. The zero-order valence-corrected chi connectivity index (χ0v) is 18.8. The highest BCUT2D eigenvalue weighted by atomic mass is 32.1. The van der Waals surface area contributed by atoms with E-state index in [9.17, 15) is 22.8 Å². The molecule has 4 rings (SSSR count). The van der Waals surface area contributed by atoms with Crippen LogP contribution in [0.2, 0.25) is 0 Å². The molecule has 2 aliphatic rings. The number of thiophene rings is 1. The molecule has 0 radical (unpaired) electrons. The third-order valence-corrected chi connectivity index (χ3v) is 6.69. The number of likely N-dealkylation sites (tertiary alicyclic amines) is 1. The van der Waals surface area contributed by atoms with Gasteiger partial charge in [0, 0.05) is 20.1 Å². The molecular weight excluding hydrogens is 445 g/mol. The SMILES string of the molecule is Cc1nc(NC2CN(C(=O)c3ccc(C(F)(F)F)s3)C2)nc2c1NC(=O)C(C(C)C)N2C. The van der Waals surface area contributed by atoms with Crippen LogP contribution in [0.25, 0.3) is 0 Å². The molecule has 1 unspecified atom stereocenters. The number of halogens is 3. The highest BCUT2D eigenvalue weighted by molar-refractivity contribution is 7.14. The van der Waals surface area contributed by atoms with E-state index in [1.54, 1.807) is 6.92 Å². The van der Waals surface area contributed by atoms with Crippen LogP contribution in [0.5, 0.6) is 0 Å². The molecule has 0 saturated carbocycles. The van der Waals surface area contributed by atoms with Crippen LogP contribution in [0.4, 0.5) is 30.6 Å². The smallest absolute Gasteiger partial charge is 0.348 e. The Kier molecular flexibility index (Phi) is 5.51. The van der Waals surface area contributed by atoms with Gasteiger partial charge in [-0.1, -0.05) is 13.8 Å². The molecule has 1 fully saturated rings. The van der Waals surface area contributed by atoms with Gasteiger partial charge in [0.2, 0.25) is 11.9 Å². The molecule has 2 N–H and O–H groups in total. The highest BCUT2D eigenvalue weighted by Gasteiger charge is 2.38. The van der Waals surface area contributed by atoms with Crippen molar-refractivity contribution in [2.24, 2.45) is 5.92 Å². The third-order valence-electron chi connectivity index (χ3n) is 5.57. The maximum Gasteiger partial charge on any atom is 0.425 e. The van der Waals surface area contributed by atoms with Crippen molar-refractivity contribution in [2.45, 2.75) is 39.0 Å². The molecular formula is C20H23F3N6O2S. The Morgan fingerprint density at radius 2 is 1.97 bits per heavy atom. The first kappa shape index (κ1) is 22.3. The molecule has 8 nitrogen and oxygen atoms in total. The molecule has 0 aliphatic carbocycles. The highest BCUT2D eigenvalue weighted by Crippen LogP contribution is 2.36. The molecule has 32 heavy (non-hydrogen) atoms. The van der Waals surface area contributed by atoms with Crippen molar-refractivity contribution >= 4 is 40.6 Å². The second-order valence-corrected chi connectivity index (χ2v) is 9.42. The summed E-state index contributed by atoms with van der Waals surface area (Å²) in [6.45, 7) is 6.37. The number of likely N-dealkylation sites (N-methyl/N-ethyl adjacent to an activating group) is 1. The van der Waals surface area contributed by atoms with Crippen molar-refractivity contribution in [2.75, 3.05) is 35.7 Å². The standard InChI is InChI=1S/C20H23F3N6O2S/c1-9(2)15-17(30)26-14-10(3)24-19(27-16(14)28(15)4)25-11-7-29(8-11)18(31)12-5-6-13(32-12)20(21,22)23/h5-6,9,11,15H,7-8H2,1-4H3,(H,26,30)(H,24,25,27). The summed E-state index contributed by atoms with van der Waals surface area (Å²) in [6, 6.07) is 1.66. The van der Waals surface area contributed by atoms with Crippen LogP contribution in [0.3, 0.4) is 0 Å². The Labute approximate surface area is 186 Å². The van der Waals surface area contributed by atoms with Crippen molar-refractivity contribution in [1.82, 2.24) is 14.9 Å². The number of carbonyl (C=O) groups excluding carboxylic acids is 2. The summed E-state index contributed by atoms with van der Waals surface area (Å²) in [5.74, 6) is 0.551. The van der Waals surface area contributed by atoms with Crippen LogP contribution in [-0.2, 0) is 11.0 Å². The van der Waals surface area contributed by atoms with Gasteiger partial charge in [-0.3, -0.25) is 9.59 Å². The van der Waals surface area contributed by atoms with Gasteiger partial charge in [-0.15, -0.1) is 11.3 Å². The topological polar surface area (TPSA) is 90.5 Å². The molecule has 4 heterocycles. The van der Waals surface area contributed by atoms with Gasteiger partial charge in [0.1, 0.15) is 16.6 Å². The second-order valence-electron chi connectivity index (χ2n) is 8.33. The number of nitrogens with one attached hydrogen (secondary N) is 2. The van der Waals surface area contributed by atoms with E-state index < -0.39 is 17.0 Å². The van der Waals surface area contributed by atoms with Gasteiger partial charge in [-0.2, -0.15) is 18.2 Å². The van der Waals surface area contributed by atoms with Crippen molar-refractivity contribution in [3.05, 3.63) is 27.6 Å². The van der Waals surface area contributed by atoms with Gasteiger partial charge in [-0.25, -0.2) is 4.98 Å². The average molecular weight is 469 g/mol. The number of hydrogen-bond donors (Lipinski definition) is 2. The molecule has 2 aliphatic heterocycles. The summed E-state index contributed by atoms with van der Waals surface area (Å²) >= 11 is 0.450. The number of nitrogens with zero attached hydrogens (tertiary/aromatic N) is 4. The van der Waals surface area contributed by atoms with Crippen molar-refractivity contribution in [3.63, 3.8) is 0 Å². The number of alkyl halides is 3. The first-order valence-corrected chi connectivity index (χ1v) is 10.9. The maximum atomic E-state index is 12.8. The predicted octanol–water partition coefficient (Wildman–Crippen LogP) is 3.21. The molecule has 0 spiro atoms. The Balaban J connectivity index is 1.42. The normalized spacial score (nSPS) is 19.0. The zero-order valence-electron chi connectivity index (χ0n) is 17.9. The number of aryl methyl sites for hydroxylation is 1. The van der Waals surface area contributed by atoms with Crippen LogP contribution in [-0.4, -0.2) is 58.9 Å². The summed E-state index contributed by atoms with van der Waals surface area (Å²) in [6.07, 6.45) is -4.45. The summed E-state index contributed by atoms with van der Waals surface area (Å²) in [5, 5.41) is 6.06. The quantitative estimate of drug-likeness (QED) is 0.716. The maximum absolute atomic E-state index is 12.8. The largest absolute Gasteiger partial charge is 0.425 e. The van der Waals surface area contributed by atoms with Gasteiger partial charge in [-0.05, 0) is 25.0 Å². The van der Waals surface area contributed by atoms with Crippen LogP contribution in [0.1, 0.15) is 34.1 Å². The van der Waals surface area contributed by atoms with E-state index in [0.717, 1.165) is 6.07 Å². The van der Waals surface area contributed by atoms with E-state index in [1.807, 2.05) is 25.8 Å². The minimum Gasteiger partial charge on any atom is -0.348 e. The van der Waals surface area contributed by atoms with Crippen molar-refractivity contribution in [3.8, 4) is 0 Å². The van der Waals surface area contributed by atoms with Crippen molar-refractivity contribution in [1.29, 1.82) is 0 Å². The number of anilines is 3.